The average molecular weight is 356 g/mol. The number of rotatable bonds is 5. The fourth-order valence-electron chi connectivity index (χ4n) is 2.69. The Morgan fingerprint density at radius 1 is 1.12 bits per heavy atom. The van der Waals surface area contributed by atoms with Crippen LogP contribution in [0.1, 0.15) is 26.2 Å². The molecule has 24 heavy (non-hydrogen) atoms. The molecular formula is C16H22ClN3O4. The van der Waals surface area contributed by atoms with Crippen LogP contribution < -0.4 is 10.6 Å². The van der Waals surface area contributed by atoms with Crippen molar-refractivity contribution >= 4 is 41.6 Å². The van der Waals surface area contributed by atoms with E-state index in [1.807, 2.05) is 0 Å². The Labute approximate surface area is 146 Å². The van der Waals surface area contributed by atoms with Gasteiger partial charge in [0, 0.05) is 18.3 Å². The van der Waals surface area contributed by atoms with E-state index in [1.165, 1.54) is 6.92 Å². The molecular weight excluding hydrogens is 334 g/mol. The van der Waals surface area contributed by atoms with E-state index in [1.54, 1.807) is 29.2 Å². The number of nitrogens with zero attached hydrogens (tertiary/aromatic N) is 1. The van der Waals surface area contributed by atoms with Gasteiger partial charge in [-0.3, -0.25) is 19.3 Å². The van der Waals surface area contributed by atoms with Crippen molar-refractivity contribution < 1.29 is 19.5 Å². The number of carboxylic acids is 1. The highest BCUT2D eigenvalue weighted by Crippen LogP contribution is 2.18. The summed E-state index contributed by atoms with van der Waals surface area (Å²) in [6.45, 7) is 2.10. The van der Waals surface area contributed by atoms with Crippen LogP contribution >= 0.6 is 12.4 Å². The zero-order valence-corrected chi connectivity index (χ0v) is 14.3. The van der Waals surface area contributed by atoms with Gasteiger partial charge in [0.25, 0.3) is 0 Å². The van der Waals surface area contributed by atoms with Crippen molar-refractivity contribution in [1.82, 2.24) is 4.90 Å². The topological polar surface area (TPSA) is 98.7 Å². The Morgan fingerprint density at radius 3 is 2.25 bits per heavy atom. The first kappa shape index (κ1) is 19.9. The lowest BCUT2D eigenvalue weighted by molar-refractivity contribution is -0.145. The molecule has 7 nitrogen and oxygen atoms in total. The van der Waals surface area contributed by atoms with Crippen LogP contribution in [0.15, 0.2) is 24.3 Å². The van der Waals surface area contributed by atoms with E-state index in [4.69, 9.17) is 0 Å². The van der Waals surface area contributed by atoms with Gasteiger partial charge in [-0.05, 0) is 43.7 Å². The molecule has 0 saturated carbocycles. The maximum Gasteiger partial charge on any atom is 0.320 e. The smallest absolute Gasteiger partial charge is 0.320 e. The van der Waals surface area contributed by atoms with Gasteiger partial charge < -0.3 is 15.7 Å². The van der Waals surface area contributed by atoms with Crippen LogP contribution in [0, 0.1) is 0 Å². The fourth-order valence-corrected chi connectivity index (χ4v) is 2.69. The third-order valence-corrected chi connectivity index (χ3v) is 3.73. The van der Waals surface area contributed by atoms with Crippen LogP contribution in [-0.2, 0) is 14.4 Å². The van der Waals surface area contributed by atoms with Gasteiger partial charge in [0.05, 0.1) is 6.54 Å². The minimum absolute atomic E-state index is 0. The van der Waals surface area contributed by atoms with Crippen molar-refractivity contribution in [3.05, 3.63) is 24.3 Å². The molecule has 0 aromatic heterocycles. The highest BCUT2D eigenvalue weighted by molar-refractivity contribution is 5.93. The summed E-state index contributed by atoms with van der Waals surface area (Å²) in [6, 6.07) is 6.18. The number of amides is 2. The van der Waals surface area contributed by atoms with E-state index in [0.29, 0.717) is 24.3 Å². The van der Waals surface area contributed by atoms with Crippen LogP contribution in [0.5, 0.6) is 0 Å². The maximum absolute atomic E-state index is 12.1. The lowest BCUT2D eigenvalue weighted by Crippen LogP contribution is -2.47. The molecule has 0 bridgehead atoms. The second kappa shape index (κ2) is 9.24. The molecule has 1 unspecified atom stereocenters. The van der Waals surface area contributed by atoms with Crippen molar-refractivity contribution in [2.75, 3.05) is 23.7 Å². The van der Waals surface area contributed by atoms with Crippen LogP contribution in [0.2, 0.25) is 0 Å². The molecule has 1 atom stereocenters. The first-order chi connectivity index (χ1) is 11.0. The van der Waals surface area contributed by atoms with Crippen molar-refractivity contribution in [3.63, 3.8) is 0 Å². The predicted octanol–water partition coefficient (Wildman–Crippen LogP) is 1.94. The molecule has 0 radical (unpaired) electrons. The Bertz CT molecular complexity index is 591. The molecule has 1 aliphatic rings. The molecule has 1 saturated heterocycles. The zero-order chi connectivity index (χ0) is 16.8. The van der Waals surface area contributed by atoms with Crippen LogP contribution in [0.3, 0.4) is 0 Å². The number of halogens is 1. The minimum Gasteiger partial charge on any atom is -0.480 e. The van der Waals surface area contributed by atoms with E-state index in [9.17, 15) is 19.5 Å². The van der Waals surface area contributed by atoms with Gasteiger partial charge >= 0.3 is 5.97 Å². The monoisotopic (exact) mass is 355 g/mol. The van der Waals surface area contributed by atoms with Crippen LogP contribution in [-0.4, -0.2) is 46.9 Å². The lowest BCUT2D eigenvalue weighted by atomic mass is 10.0. The lowest BCUT2D eigenvalue weighted by Gasteiger charge is -2.32. The summed E-state index contributed by atoms with van der Waals surface area (Å²) in [5.41, 5.74) is 1.26. The number of benzene rings is 1. The van der Waals surface area contributed by atoms with Gasteiger partial charge in [-0.15, -0.1) is 12.4 Å². The van der Waals surface area contributed by atoms with E-state index >= 15 is 0 Å². The summed E-state index contributed by atoms with van der Waals surface area (Å²) >= 11 is 0. The third kappa shape index (κ3) is 5.82. The average Bonchev–Trinajstić information content (AvgIpc) is 2.49. The van der Waals surface area contributed by atoms with Crippen molar-refractivity contribution in [2.45, 2.75) is 32.2 Å². The summed E-state index contributed by atoms with van der Waals surface area (Å²) in [4.78, 5) is 36.0. The molecule has 0 aliphatic carbocycles. The maximum atomic E-state index is 12.1. The number of likely N-dealkylation sites (tertiary alicyclic amines) is 1. The Morgan fingerprint density at radius 2 is 1.71 bits per heavy atom. The number of anilines is 2. The second-order valence-electron chi connectivity index (χ2n) is 5.63. The SMILES string of the molecule is CC(=O)Nc1ccc(NC(=O)CN2CCCCC2C(=O)O)cc1.Cl. The van der Waals surface area contributed by atoms with Crippen molar-refractivity contribution in [2.24, 2.45) is 0 Å². The third-order valence-electron chi connectivity index (χ3n) is 3.73. The molecule has 132 valence electrons. The summed E-state index contributed by atoms with van der Waals surface area (Å²) in [5.74, 6) is -1.28. The molecule has 0 spiro atoms. The highest BCUT2D eigenvalue weighted by atomic mass is 35.5. The Hall–Kier alpha value is -2.12. The van der Waals surface area contributed by atoms with Gasteiger partial charge in [0.15, 0.2) is 0 Å². The quantitative estimate of drug-likeness (QED) is 0.749. The molecule has 2 amide bonds. The number of nitrogens with one attached hydrogen (secondary N) is 2. The van der Waals surface area contributed by atoms with Crippen LogP contribution in [0.4, 0.5) is 11.4 Å². The number of hydrogen-bond donors (Lipinski definition) is 3. The molecule has 1 aromatic carbocycles. The van der Waals surface area contributed by atoms with Crippen LogP contribution in [0.25, 0.3) is 0 Å². The molecule has 1 fully saturated rings. The predicted molar refractivity (Wildman–Crippen MR) is 93.5 cm³/mol. The van der Waals surface area contributed by atoms with E-state index in [-0.39, 0.29) is 30.8 Å². The highest BCUT2D eigenvalue weighted by Gasteiger charge is 2.29. The molecule has 3 N–H and O–H groups in total. The minimum atomic E-state index is -0.878. The van der Waals surface area contributed by atoms with Gasteiger partial charge in [-0.2, -0.15) is 0 Å². The van der Waals surface area contributed by atoms with Crippen molar-refractivity contribution in [3.8, 4) is 0 Å². The molecule has 2 rings (SSSR count). The second-order valence-corrected chi connectivity index (χ2v) is 5.63. The number of carboxylic acid groups (broad SMARTS) is 1. The van der Waals surface area contributed by atoms with E-state index in [2.05, 4.69) is 10.6 Å². The standard InChI is InChI=1S/C16H21N3O4.ClH/c1-11(20)17-12-5-7-13(8-6-12)18-15(21)10-19-9-3-2-4-14(19)16(22)23;/h5-8,14H,2-4,9-10H2,1H3,(H,17,20)(H,18,21)(H,22,23);1H. The number of carbonyl (C=O) groups excluding carboxylic acids is 2. The molecule has 8 heteroatoms. The summed E-state index contributed by atoms with van der Waals surface area (Å²) < 4.78 is 0. The number of piperidine rings is 1. The summed E-state index contributed by atoms with van der Waals surface area (Å²) in [5, 5.41) is 14.6. The van der Waals surface area contributed by atoms with E-state index in [0.717, 1.165) is 12.8 Å². The fraction of sp³-hybridized carbons (Fsp3) is 0.438. The first-order valence-electron chi connectivity index (χ1n) is 7.60. The largest absolute Gasteiger partial charge is 0.480 e. The molecule has 1 heterocycles. The molecule has 1 aromatic rings. The Kier molecular flexibility index (Phi) is 7.67. The summed E-state index contributed by atoms with van der Waals surface area (Å²) in [7, 11) is 0. The van der Waals surface area contributed by atoms with Gasteiger partial charge in [0.1, 0.15) is 6.04 Å². The first-order valence-corrected chi connectivity index (χ1v) is 7.60. The van der Waals surface area contributed by atoms with Gasteiger partial charge in [-0.25, -0.2) is 0 Å². The zero-order valence-electron chi connectivity index (χ0n) is 13.4. The normalized spacial score (nSPS) is 17.5. The summed E-state index contributed by atoms with van der Waals surface area (Å²) in [6.07, 6.45) is 2.36. The molecule has 1 aliphatic heterocycles. The van der Waals surface area contributed by atoms with Crippen molar-refractivity contribution in [1.29, 1.82) is 0 Å². The number of hydrogen-bond acceptors (Lipinski definition) is 4. The van der Waals surface area contributed by atoms with E-state index < -0.39 is 12.0 Å². The Balaban J connectivity index is 0.00000288. The number of aliphatic carboxylic acids is 1. The van der Waals surface area contributed by atoms with Gasteiger partial charge in [-0.1, -0.05) is 6.42 Å². The van der Waals surface area contributed by atoms with Gasteiger partial charge in [0.2, 0.25) is 11.8 Å². The number of carbonyl (C=O) groups is 3.